The van der Waals surface area contributed by atoms with Crippen molar-refractivity contribution in [1.29, 1.82) is 0 Å². The SMILES string of the molecule is Cc1ccc(NC2CCN(S(=O)(=O)c3ccc(-c4nc5c(s4)C(=O)NCC5)cc3)CC2)nc1. The summed E-state index contributed by atoms with van der Waals surface area (Å²) in [6.07, 6.45) is 3.98. The first kappa shape index (κ1) is 22.0. The molecule has 5 rings (SSSR count). The summed E-state index contributed by atoms with van der Waals surface area (Å²) < 4.78 is 27.9. The number of nitrogens with zero attached hydrogens (tertiary/aromatic N) is 3. The number of aromatic nitrogens is 2. The third kappa shape index (κ3) is 4.50. The van der Waals surface area contributed by atoms with Crippen molar-refractivity contribution in [2.24, 2.45) is 0 Å². The number of amides is 1. The standard InChI is InChI=1S/C23H25N5O3S2/c1-15-2-7-20(25-14-15)26-17-9-12-28(13-10-17)33(30,31)18-5-3-16(4-6-18)23-27-19-8-11-24-22(29)21(19)32-23/h2-7,14,17H,8-13H2,1H3,(H,24,29)(H,25,26). The Morgan fingerprint density at radius 1 is 1.12 bits per heavy atom. The Hall–Kier alpha value is -2.82. The van der Waals surface area contributed by atoms with E-state index in [2.05, 4.69) is 20.6 Å². The lowest BCUT2D eigenvalue weighted by Gasteiger charge is -2.31. The minimum atomic E-state index is -3.57. The van der Waals surface area contributed by atoms with E-state index in [4.69, 9.17) is 0 Å². The first-order valence-electron chi connectivity index (χ1n) is 11.0. The van der Waals surface area contributed by atoms with Gasteiger partial charge in [0.1, 0.15) is 15.7 Å². The van der Waals surface area contributed by atoms with E-state index in [1.54, 1.807) is 28.6 Å². The number of piperidine rings is 1. The molecule has 33 heavy (non-hydrogen) atoms. The number of hydrogen-bond donors (Lipinski definition) is 2. The molecule has 1 aromatic carbocycles. The Bertz CT molecular complexity index is 1260. The van der Waals surface area contributed by atoms with Gasteiger partial charge in [-0.3, -0.25) is 4.79 Å². The van der Waals surface area contributed by atoms with Crippen molar-refractivity contribution in [3.05, 3.63) is 58.7 Å². The van der Waals surface area contributed by atoms with Crippen molar-refractivity contribution in [3.63, 3.8) is 0 Å². The topological polar surface area (TPSA) is 104 Å². The van der Waals surface area contributed by atoms with E-state index in [0.29, 0.717) is 24.5 Å². The molecule has 1 amide bonds. The zero-order valence-corrected chi connectivity index (χ0v) is 19.9. The number of nitrogens with one attached hydrogen (secondary N) is 2. The highest BCUT2D eigenvalue weighted by Gasteiger charge is 2.30. The number of aryl methyl sites for hydroxylation is 1. The Kier molecular flexibility index (Phi) is 5.90. The number of thiazole rings is 1. The summed E-state index contributed by atoms with van der Waals surface area (Å²) in [5.41, 5.74) is 2.73. The van der Waals surface area contributed by atoms with Crippen molar-refractivity contribution in [1.82, 2.24) is 19.6 Å². The van der Waals surface area contributed by atoms with Crippen molar-refractivity contribution >= 4 is 33.1 Å². The predicted octanol–water partition coefficient (Wildman–Crippen LogP) is 3.06. The van der Waals surface area contributed by atoms with Gasteiger partial charge in [0.15, 0.2) is 0 Å². The summed E-state index contributed by atoms with van der Waals surface area (Å²) in [5.74, 6) is 0.731. The number of pyridine rings is 1. The number of benzene rings is 1. The minimum absolute atomic E-state index is 0.0877. The van der Waals surface area contributed by atoms with Gasteiger partial charge in [0.25, 0.3) is 5.91 Å². The lowest BCUT2D eigenvalue weighted by Crippen LogP contribution is -2.42. The molecule has 3 aromatic rings. The Morgan fingerprint density at radius 2 is 1.88 bits per heavy atom. The van der Waals surface area contributed by atoms with E-state index in [1.807, 2.05) is 25.3 Å². The molecule has 4 heterocycles. The normalized spacial score (nSPS) is 17.4. The molecule has 0 saturated carbocycles. The first-order chi connectivity index (χ1) is 15.9. The summed E-state index contributed by atoms with van der Waals surface area (Å²) in [4.78, 5) is 21.9. The summed E-state index contributed by atoms with van der Waals surface area (Å²) >= 11 is 1.34. The Morgan fingerprint density at radius 3 is 2.55 bits per heavy atom. The van der Waals surface area contributed by atoms with E-state index in [9.17, 15) is 13.2 Å². The molecular weight excluding hydrogens is 458 g/mol. The van der Waals surface area contributed by atoms with Crippen LogP contribution in [-0.4, -0.2) is 54.3 Å². The van der Waals surface area contributed by atoms with Crippen molar-refractivity contribution in [2.45, 2.75) is 37.1 Å². The molecule has 0 unspecified atom stereocenters. The van der Waals surface area contributed by atoms with Crippen molar-refractivity contribution < 1.29 is 13.2 Å². The fraction of sp³-hybridized carbons (Fsp3) is 0.348. The number of sulfonamides is 1. The molecule has 0 bridgehead atoms. The summed E-state index contributed by atoms with van der Waals surface area (Å²) in [7, 11) is -3.57. The van der Waals surface area contributed by atoms with Crippen LogP contribution in [0.25, 0.3) is 10.6 Å². The molecule has 2 aromatic heterocycles. The smallest absolute Gasteiger partial charge is 0.263 e. The summed E-state index contributed by atoms with van der Waals surface area (Å²) in [6.45, 7) is 3.51. The predicted molar refractivity (Wildman–Crippen MR) is 128 cm³/mol. The lowest BCUT2D eigenvalue weighted by molar-refractivity contribution is 0.0950. The molecule has 1 saturated heterocycles. The summed E-state index contributed by atoms with van der Waals surface area (Å²) in [5, 5.41) is 6.96. The van der Waals surface area contributed by atoms with Gasteiger partial charge in [-0.2, -0.15) is 4.31 Å². The van der Waals surface area contributed by atoms with Gasteiger partial charge >= 0.3 is 0 Å². The highest BCUT2D eigenvalue weighted by Crippen LogP contribution is 2.31. The maximum atomic E-state index is 13.2. The lowest BCUT2D eigenvalue weighted by atomic mass is 10.1. The number of anilines is 1. The average Bonchev–Trinajstić information content (AvgIpc) is 3.27. The minimum Gasteiger partial charge on any atom is -0.367 e. The zero-order valence-electron chi connectivity index (χ0n) is 18.2. The quantitative estimate of drug-likeness (QED) is 0.578. The Labute approximate surface area is 197 Å². The molecule has 0 aliphatic carbocycles. The second-order valence-electron chi connectivity index (χ2n) is 8.37. The molecule has 2 aliphatic heterocycles. The summed E-state index contributed by atoms with van der Waals surface area (Å²) in [6, 6.07) is 11.0. The largest absolute Gasteiger partial charge is 0.367 e. The van der Waals surface area contributed by atoms with Crippen LogP contribution in [0.4, 0.5) is 5.82 Å². The molecule has 0 atom stereocenters. The molecule has 2 N–H and O–H groups in total. The van der Waals surface area contributed by atoms with E-state index in [-0.39, 0.29) is 16.8 Å². The van der Waals surface area contributed by atoms with Crippen LogP contribution in [0.15, 0.2) is 47.5 Å². The van der Waals surface area contributed by atoms with Gasteiger partial charge in [-0.1, -0.05) is 18.2 Å². The second-order valence-corrected chi connectivity index (χ2v) is 11.3. The van der Waals surface area contributed by atoms with Crippen LogP contribution in [0.5, 0.6) is 0 Å². The van der Waals surface area contributed by atoms with Gasteiger partial charge < -0.3 is 10.6 Å². The number of carbonyl (C=O) groups is 1. The number of rotatable bonds is 5. The number of fused-ring (bicyclic) bond motifs is 1. The van der Waals surface area contributed by atoms with Crippen molar-refractivity contribution in [2.75, 3.05) is 25.0 Å². The van der Waals surface area contributed by atoms with Crippen LogP contribution >= 0.6 is 11.3 Å². The van der Waals surface area contributed by atoms with E-state index in [1.165, 1.54) is 11.3 Å². The monoisotopic (exact) mass is 483 g/mol. The molecule has 1 fully saturated rings. The zero-order chi connectivity index (χ0) is 23.0. The number of hydrogen-bond acceptors (Lipinski definition) is 7. The molecular formula is C23H25N5O3S2. The van der Waals surface area contributed by atoms with E-state index in [0.717, 1.165) is 46.9 Å². The van der Waals surface area contributed by atoms with Crippen LogP contribution in [0.1, 0.15) is 33.8 Å². The van der Waals surface area contributed by atoms with Crippen molar-refractivity contribution in [3.8, 4) is 10.6 Å². The van der Waals surface area contributed by atoms with E-state index >= 15 is 0 Å². The molecule has 172 valence electrons. The van der Waals surface area contributed by atoms with Crippen LogP contribution < -0.4 is 10.6 Å². The number of carbonyl (C=O) groups excluding carboxylic acids is 1. The molecule has 2 aliphatic rings. The van der Waals surface area contributed by atoms with Gasteiger partial charge in [0.2, 0.25) is 10.0 Å². The van der Waals surface area contributed by atoms with Gasteiger partial charge in [0, 0.05) is 43.9 Å². The Balaban J connectivity index is 1.25. The van der Waals surface area contributed by atoms with Gasteiger partial charge in [-0.15, -0.1) is 11.3 Å². The molecule has 10 heteroatoms. The maximum absolute atomic E-state index is 13.2. The fourth-order valence-corrected chi connectivity index (χ4v) is 6.62. The van der Waals surface area contributed by atoms with Gasteiger partial charge in [0.05, 0.1) is 10.6 Å². The third-order valence-corrected chi connectivity index (χ3v) is 9.07. The highest BCUT2D eigenvalue weighted by atomic mass is 32.2. The van der Waals surface area contributed by atoms with Crippen LogP contribution in [0.3, 0.4) is 0 Å². The fourth-order valence-electron chi connectivity index (χ4n) is 4.12. The van der Waals surface area contributed by atoms with Crippen LogP contribution in [-0.2, 0) is 16.4 Å². The average molecular weight is 484 g/mol. The molecule has 0 radical (unpaired) electrons. The van der Waals surface area contributed by atoms with Crippen LogP contribution in [0.2, 0.25) is 0 Å². The second kappa shape index (κ2) is 8.85. The maximum Gasteiger partial charge on any atom is 0.263 e. The molecule has 8 nitrogen and oxygen atoms in total. The van der Waals surface area contributed by atoms with Gasteiger partial charge in [-0.05, 0) is 43.5 Å². The van der Waals surface area contributed by atoms with E-state index < -0.39 is 10.0 Å². The molecule has 0 spiro atoms. The first-order valence-corrected chi connectivity index (χ1v) is 13.2. The highest BCUT2D eigenvalue weighted by molar-refractivity contribution is 7.89. The third-order valence-electron chi connectivity index (χ3n) is 6.01. The van der Waals surface area contributed by atoms with Crippen LogP contribution in [0, 0.1) is 6.92 Å². The van der Waals surface area contributed by atoms with Gasteiger partial charge in [-0.25, -0.2) is 18.4 Å².